The molecule has 9 heteroatoms. The van der Waals surface area contributed by atoms with E-state index in [0.717, 1.165) is 45.5 Å². The van der Waals surface area contributed by atoms with Crippen LogP contribution >= 0.6 is 14.3 Å². The Labute approximate surface area is 266 Å². The number of carbonyl (C=O) groups is 3. The number of carbonyl (C=O) groups excluding carboxylic acids is 3. The number of aldehydes is 1. The molecule has 0 aliphatic carbocycles. The third-order valence-electron chi connectivity index (χ3n) is 5.40. The SMILES string of the molecule is CP(C)(C)=O.CP(C)(C)=O.O=C1Cc2ccccc2N1.O=C1Nc2ccccc2C1=Cc1ccccc1.O=Cc1ccccc1. The van der Waals surface area contributed by atoms with Crippen LogP contribution in [0, 0.1) is 0 Å². The summed E-state index contributed by atoms with van der Waals surface area (Å²) in [6.45, 7) is 10.5. The van der Waals surface area contributed by atoms with E-state index in [2.05, 4.69) is 10.6 Å². The first-order valence-electron chi connectivity index (χ1n) is 14.2. The number of benzene rings is 4. The molecule has 2 N–H and O–H groups in total. The molecule has 2 aliphatic heterocycles. The summed E-state index contributed by atoms with van der Waals surface area (Å²) in [6, 6.07) is 34.4. The Kier molecular flexibility index (Phi) is 14.6. The fourth-order valence-corrected chi connectivity index (χ4v) is 3.69. The van der Waals surface area contributed by atoms with Crippen LogP contribution in [0.25, 0.3) is 11.6 Å². The lowest BCUT2D eigenvalue weighted by atomic mass is 10.0. The van der Waals surface area contributed by atoms with Crippen molar-refractivity contribution in [2.45, 2.75) is 6.42 Å². The molecule has 0 aromatic heterocycles. The van der Waals surface area contributed by atoms with E-state index in [0.29, 0.717) is 6.42 Å². The van der Waals surface area contributed by atoms with Crippen LogP contribution in [0.2, 0.25) is 0 Å². The molecule has 4 aromatic rings. The Morgan fingerprint density at radius 3 is 1.51 bits per heavy atom. The highest BCUT2D eigenvalue weighted by Gasteiger charge is 2.23. The van der Waals surface area contributed by atoms with E-state index < -0.39 is 14.3 Å². The largest absolute Gasteiger partial charge is 0.326 e. The van der Waals surface area contributed by atoms with Crippen molar-refractivity contribution in [1.29, 1.82) is 0 Å². The number of amides is 2. The van der Waals surface area contributed by atoms with E-state index in [1.807, 2.05) is 103 Å². The zero-order chi connectivity index (χ0) is 33.5. The van der Waals surface area contributed by atoms with Gasteiger partial charge in [0.15, 0.2) is 0 Å². The van der Waals surface area contributed by atoms with E-state index >= 15 is 0 Å². The van der Waals surface area contributed by atoms with E-state index in [9.17, 15) is 23.5 Å². The summed E-state index contributed by atoms with van der Waals surface area (Å²) in [5.41, 5.74) is 6.43. The molecule has 0 saturated heterocycles. The van der Waals surface area contributed by atoms with Gasteiger partial charge in [0.2, 0.25) is 5.91 Å². The molecule has 7 nitrogen and oxygen atoms in total. The summed E-state index contributed by atoms with van der Waals surface area (Å²) < 4.78 is 20.4. The lowest BCUT2D eigenvalue weighted by molar-refractivity contribution is -0.115. The molecule has 0 saturated carbocycles. The van der Waals surface area contributed by atoms with Crippen molar-refractivity contribution in [3.05, 3.63) is 131 Å². The standard InChI is InChI=1S/C15H11NO.C8H7NO.C7H6O.2C3H9OP/c17-15-13(10-11-6-2-1-3-7-11)12-8-4-5-9-14(12)16-15;10-8-5-6-3-1-2-4-7(6)9-8;8-6-7-4-2-1-3-5-7;2*1-5(2,3)4/h1-10H,(H,16,17);1-4H,5H2,(H,9,10);1-6H;2*1-3H3. The average Bonchev–Trinajstić information content (AvgIpc) is 3.51. The van der Waals surface area contributed by atoms with Crippen molar-refractivity contribution < 1.29 is 23.5 Å². The molecule has 45 heavy (non-hydrogen) atoms. The fourth-order valence-electron chi connectivity index (χ4n) is 3.69. The molecule has 0 bridgehead atoms. The summed E-state index contributed by atoms with van der Waals surface area (Å²) >= 11 is 0. The van der Waals surface area contributed by atoms with Gasteiger partial charge in [0.1, 0.15) is 6.29 Å². The van der Waals surface area contributed by atoms with Crippen molar-refractivity contribution >= 4 is 55.4 Å². The third-order valence-corrected chi connectivity index (χ3v) is 5.40. The molecule has 0 unspecified atom stereocenters. The predicted octanol–water partition coefficient (Wildman–Crippen LogP) is 8.34. The number of para-hydroxylation sites is 2. The molecular formula is C36H42N2O5P2. The molecular weight excluding hydrogens is 602 g/mol. The number of hydrogen-bond acceptors (Lipinski definition) is 5. The van der Waals surface area contributed by atoms with Crippen LogP contribution in [-0.2, 0) is 25.1 Å². The van der Waals surface area contributed by atoms with Gasteiger partial charge in [-0.05, 0) is 69.3 Å². The fraction of sp³-hybridized carbons (Fsp3) is 0.194. The highest BCUT2D eigenvalue weighted by Crippen LogP contribution is 2.32. The average molecular weight is 645 g/mol. The minimum atomic E-state index is -1.64. The molecule has 2 amide bonds. The zero-order valence-electron chi connectivity index (χ0n) is 26.7. The van der Waals surface area contributed by atoms with Crippen molar-refractivity contribution in [2.75, 3.05) is 50.6 Å². The van der Waals surface area contributed by atoms with Crippen LogP contribution in [0.1, 0.15) is 27.0 Å². The van der Waals surface area contributed by atoms with Crippen molar-refractivity contribution in [2.24, 2.45) is 0 Å². The quantitative estimate of drug-likeness (QED) is 0.130. The molecule has 0 radical (unpaired) electrons. The lowest BCUT2D eigenvalue weighted by Gasteiger charge is -1.97. The number of fused-ring (bicyclic) bond motifs is 2. The topological polar surface area (TPSA) is 109 Å². The van der Waals surface area contributed by atoms with Gasteiger partial charge < -0.3 is 19.8 Å². The van der Waals surface area contributed by atoms with E-state index in [1.54, 1.807) is 52.1 Å². The second-order valence-electron chi connectivity index (χ2n) is 11.7. The summed E-state index contributed by atoms with van der Waals surface area (Å²) in [6.07, 6.45) is 3.29. The van der Waals surface area contributed by atoms with E-state index in [1.165, 1.54) is 0 Å². The minimum Gasteiger partial charge on any atom is -0.326 e. The zero-order valence-corrected chi connectivity index (χ0v) is 28.5. The van der Waals surface area contributed by atoms with Gasteiger partial charge >= 0.3 is 0 Å². The van der Waals surface area contributed by atoms with Crippen LogP contribution in [0.5, 0.6) is 0 Å². The second kappa shape index (κ2) is 17.9. The van der Waals surface area contributed by atoms with Crippen LogP contribution in [-0.4, -0.2) is 58.1 Å². The van der Waals surface area contributed by atoms with E-state index in [-0.39, 0.29) is 11.8 Å². The summed E-state index contributed by atoms with van der Waals surface area (Å²) in [5.74, 6) is 0.0660. The minimum absolute atomic E-state index is 0.0324. The number of rotatable bonds is 2. The monoisotopic (exact) mass is 644 g/mol. The second-order valence-corrected chi connectivity index (χ2v) is 19.2. The third kappa shape index (κ3) is 15.8. The Morgan fingerprint density at radius 2 is 1.02 bits per heavy atom. The van der Waals surface area contributed by atoms with Gasteiger partial charge in [0.25, 0.3) is 5.91 Å². The number of nitrogens with one attached hydrogen (secondary N) is 2. The van der Waals surface area contributed by atoms with Gasteiger partial charge in [0.05, 0.1) is 20.7 Å². The number of anilines is 2. The molecule has 2 heterocycles. The van der Waals surface area contributed by atoms with E-state index in [4.69, 9.17) is 0 Å². The highest BCUT2D eigenvalue weighted by atomic mass is 31.2. The first kappa shape index (κ1) is 36.9. The first-order valence-corrected chi connectivity index (χ1v) is 20.3. The lowest BCUT2D eigenvalue weighted by Crippen LogP contribution is -2.03. The normalized spacial score (nSPS) is 13.3. The molecule has 0 fully saturated rings. The van der Waals surface area contributed by atoms with Crippen LogP contribution in [0.3, 0.4) is 0 Å². The van der Waals surface area contributed by atoms with Gasteiger partial charge in [-0.15, -0.1) is 0 Å². The molecule has 4 aromatic carbocycles. The van der Waals surface area contributed by atoms with Crippen molar-refractivity contribution in [1.82, 2.24) is 0 Å². The van der Waals surface area contributed by atoms with Crippen molar-refractivity contribution in [3.8, 4) is 0 Å². The van der Waals surface area contributed by atoms with Gasteiger partial charge in [-0.3, -0.25) is 14.4 Å². The maximum atomic E-state index is 11.9. The Bertz CT molecular complexity index is 1630. The summed E-state index contributed by atoms with van der Waals surface area (Å²) in [4.78, 5) is 32.7. The van der Waals surface area contributed by atoms with Crippen LogP contribution < -0.4 is 10.6 Å². The predicted molar refractivity (Wildman–Crippen MR) is 191 cm³/mol. The summed E-state index contributed by atoms with van der Waals surface area (Å²) in [7, 11) is -3.28. The molecule has 0 atom stereocenters. The summed E-state index contributed by atoms with van der Waals surface area (Å²) in [5, 5.41) is 5.62. The Balaban J connectivity index is 0.000000216. The van der Waals surface area contributed by atoms with Crippen LogP contribution in [0.4, 0.5) is 11.4 Å². The van der Waals surface area contributed by atoms with Gasteiger partial charge in [-0.1, -0.05) is 97.1 Å². The van der Waals surface area contributed by atoms with Gasteiger partial charge in [0, 0.05) is 28.1 Å². The Hall–Kier alpha value is -4.31. The van der Waals surface area contributed by atoms with Crippen LogP contribution in [0.15, 0.2) is 109 Å². The van der Waals surface area contributed by atoms with Crippen molar-refractivity contribution in [3.63, 3.8) is 0 Å². The maximum Gasteiger partial charge on any atom is 0.256 e. The van der Waals surface area contributed by atoms with Gasteiger partial charge in [-0.2, -0.15) is 0 Å². The highest BCUT2D eigenvalue weighted by molar-refractivity contribution is 7.61. The van der Waals surface area contributed by atoms with Gasteiger partial charge in [-0.25, -0.2) is 0 Å². The Morgan fingerprint density at radius 1 is 0.578 bits per heavy atom. The number of hydrogen-bond donors (Lipinski definition) is 2. The molecule has 236 valence electrons. The first-order chi connectivity index (χ1) is 21.1. The smallest absolute Gasteiger partial charge is 0.256 e. The maximum absolute atomic E-state index is 11.9. The molecule has 0 spiro atoms. The molecule has 2 aliphatic rings. The molecule has 6 rings (SSSR count).